The van der Waals surface area contributed by atoms with Gasteiger partial charge in [-0.3, -0.25) is 0 Å². The summed E-state index contributed by atoms with van der Waals surface area (Å²) in [6, 6.07) is 8.19. The lowest BCUT2D eigenvalue weighted by molar-refractivity contribution is -0.132. The third-order valence-electron chi connectivity index (χ3n) is 2.79. The van der Waals surface area contributed by atoms with Crippen molar-refractivity contribution < 1.29 is 9.47 Å². The molecule has 0 aliphatic carbocycles. The van der Waals surface area contributed by atoms with Crippen LogP contribution in [0, 0.1) is 0 Å². The molecule has 1 aromatic rings. The molecule has 1 aliphatic heterocycles. The van der Waals surface area contributed by atoms with Crippen LogP contribution in [0.2, 0.25) is 0 Å². The van der Waals surface area contributed by atoms with Gasteiger partial charge in [0.25, 0.3) is 0 Å². The first-order valence-corrected chi connectivity index (χ1v) is 4.99. The molecule has 1 aromatic carbocycles. The predicted octanol–water partition coefficient (Wildman–Crippen LogP) is 2.42. The minimum atomic E-state index is 0.0619. The lowest BCUT2D eigenvalue weighted by Gasteiger charge is -2.38. The molecule has 1 heterocycles. The van der Waals surface area contributed by atoms with Crippen molar-refractivity contribution in [3.8, 4) is 5.75 Å². The van der Waals surface area contributed by atoms with Gasteiger partial charge in [-0.05, 0) is 31.0 Å². The summed E-state index contributed by atoms with van der Waals surface area (Å²) in [6.07, 6.45) is 2.13. The van der Waals surface area contributed by atoms with Crippen LogP contribution in [-0.4, -0.2) is 19.3 Å². The van der Waals surface area contributed by atoms with Crippen molar-refractivity contribution >= 4 is 0 Å². The van der Waals surface area contributed by atoms with Gasteiger partial charge in [-0.15, -0.1) is 0 Å². The average Bonchev–Trinajstić information content (AvgIpc) is 2.16. The first-order valence-electron chi connectivity index (χ1n) is 4.99. The fourth-order valence-electron chi connectivity index (χ4n) is 1.80. The van der Waals surface area contributed by atoms with Gasteiger partial charge in [0, 0.05) is 6.42 Å². The van der Waals surface area contributed by atoms with Gasteiger partial charge in [-0.25, -0.2) is 0 Å². The number of ether oxygens (including phenoxy) is 2. The Morgan fingerprint density at radius 2 is 2.29 bits per heavy atom. The van der Waals surface area contributed by atoms with E-state index in [0.717, 1.165) is 25.2 Å². The summed E-state index contributed by atoms with van der Waals surface area (Å²) in [4.78, 5) is 0. The van der Waals surface area contributed by atoms with E-state index >= 15 is 0 Å². The summed E-state index contributed by atoms with van der Waals surface area (Å²) in [6.45, 7) is 3.07. The van der Waals surface area contributed by atoms with Gasteiger partial charge in [0.15, 0.2) is 0 Å². The van der Waals surface area contributed by atoms with Gasteiger partial charge in [0.05, 0.1) is 19.3 Å². The van der Waals surface area contributed by atoms with E-state index in [4.69, 9.17) is 9.47 Å². The number of hydrogen-bond donors (Lipinski definition) is 0. The highest BCUT2D eigenvalue weighted by Gasteiger charge is 2.32. The molecule has 1 saturated heterocycles. The van der Waals surface area contributed by atoms with Crippen molar-refractivity contribution in [3.05, 3.63) is 29.8 Å². The smallest absolute Gasteiger partial charge is 0.119 e. The van der Waals surface area contributed by atoms with Crippen molar-refractivity contribution in [2.45, 2.75) is 25.4 Å². The Kier molecular flexibility index (Phi) is 2.46. The van der Waals surface area contributed by atoms with E-state index in [2.05, 4.69) is 19.1 Å². The molecule has 0 amide bonds. The third-order valence-corrected chi connectivity index (χ3v) is 2.79. The van der Waals surface area contributed by atoms with Crippen molar-refractivity contribution in [1.29, 1.82) is 0 Å². The molecule has 0 N–H and O–H groups in total. The third kappa shape index (κ3) is 1.90. The number of rotatable bonds is 3. The lowest BCUT2D eigenvalue weighted by atomic mass is 9.89. The van der Waals surface area contributed by atoms with Crippen LogP contribution in [0.4, 0.5) is 0 Å². The average molecular weight is 192 g/mol. The summed E-state index contributed by atoms with van der Waals surface area (Å²) in [5, 5.41) is 0. The zero-order chi connectivity index (χ0) is 10.0. The molecule has 2 nitrogen and oxygen atoms in total. The quantitative estimate of drug-likeness (QED) is 0.732. The minimum absolute atomic E-state index is 0.0619. The van der Waals surface area contributed by atoms with Gasteiger partial charge >= 0.3 is 0 Å². The zero-order valence-corrected chi connectivity index (χ0v) is 8.75. The molecule has 14 heavy (non-hydrogen) atoms. The number of methoxy groups -OCH3 is 1. The Balaban J connectivity index is 2.08. The van der Waals surface area contributed by atoms with E-state index in [-0.39, 0.29) is 5.60 Å². The SMILES string of the molecule is COc1cccc(CC2(C)CCO2)c1. The highest BCUT2D eigenvalue weighted by molar-refractivity contribution is 5.29. The second kappa shape index (κ2) is 3.62. The first kappa shape index (κ1) is 9.53. The standard InChI is InChI=1S/C12H16O2/c1-12(6-7-14-12)9-10-4-3-5-11(8-10)13-2/h3-5,8H,6-7,9H2,1-2H3. The van der Waals surface area contributed by atoms with Gasteiger partial charge in [0.2, 0.25) is 0 Å². The fraction of sp³-hybridized carbons (Fsp3) is 0.500. The van der Waals surface area contributed by atoms with E-state index in [0.29, 0.717) is 0 Å². The van der Waals surface area contributed by atoms with E-state index in [1.165, 1.54) is 5.56 Å². The lowest BCUT2D eigenvalue weighted by Crippen LogP contribution is -2.42. The molecule has 0 spiro atoms. The second-order valence-electron chi connectivity index (χ2n) is 4.08. The second-order valence-corrected chi connectivity index (χ2v) is 4.08. The molecule has 1 atom stereocenters. The topological polar surface area (TPSA) is 18.5 Å². The number of benzene rings is 1. The zero-order valence-electron chi connectivity index (χ0n) is 8.75. The Bertz CT molecular complexity index is 316. The van der Waals surface area contributed by atoms with Crippen molar-refractivity contribution in [2.24, 2.45) is 0 Å². The van der Waals surface area contributed by atoms with E-state index in [1.54, 1.807) is 7.11 Å². The Morgan fingerprint density at radius 3 is 2.86 bits per heavy atom. The van der Waals surface area contributed by atoms with Crippen LogP contribution in [0.3, 0.4) is 0 Å². The molecular formula is C12H16O2. The summed E-state index contributed by atoms with van der Waals surface area (Å²) in [5.41, 5.74) is 1.35. The Labute approximate surface area is 84.8 Å². The van der Waals surface area contributed by atoms with Gasteiger partial charge < -0.3 is 9.47 Å². The van der Waals surface area contributed by atoms with Crippen molar-refractivity contribution in [1.82, 2.24) is 0 Å². The fourth-order valence-corrected chi connectivity index (χ4v) is 1.80. The van der Waals surface area contributed by atoms with Crippen LogP contribution in [0.5, 0.6) is 5.75 Å². The van der Waals surface area contributed by atoms with Crippen LogP contribution in [0.1, 0.15) is 18.9 Å². The maximum Gasteiger partial charge on any atom is 0.119 e. The van der Waals surface area contributed by atoms with Crippen LogP contribution >= 0.6 is 0 Å². The van der Waals surface area contributed by atoms with E-state index < -0.39 is 0 Å². The van der Waals surface area contributed by atoms with E-state index in [1.807, 2.05) is 12.1 Å². The summed E-state index contributed by atoms with van der Waals surface area (Å²) in [5.74, 6) is 0.922. The van der Waals surface area contributed by atoms with E-state index in [9.17, 15) is 0 Å². The molecule has 76 valence electrons. The molecule has 1 aliphatic rings. The van der Waals surface area contributed by atoms with Gasteiger partial charge in [0.1, 0.15) is 5.75 Å². The summed E-state index contributed by atoms with van der Waals surface area (Å²) in [7, 11) is 1.70. The molecule has 2 heteroatoms. The van der Waals surface area contributed by atoms with Crippen molar-refractivity contribution in [2.75, 3.05) is 13.7 Å². The van der Waals surface area contributed by atoms with Crippen LogP contribution in [-0.2, 0) is 11.2 Å². The van der Waals surface area contributed by atoms with Crippen molar-refractivity contribution in [3.63, 3.8) is 0 Å². The predicted molar refractivity (Wildman–Crippen MR) is 55.7 cm³/mol. The maximum atomic E-state index is 5.55. The molecule has 1 unspecified atom stereocenters. The molecule has 0 saturated carbocycles. The summed E-state index contributed by atoms with van der Waals surface area (Å²) < 4.78 is 10.7. The largest absolute Gasteiger partial charge is 0.497 e. The molecule has 0 bridgehead atoms. The first-order chi connectivity index (χ1) is 6.72. The molecule has 1 fully saturated rings. The molecular weight excluding hydrogens is 176 g/mol. The number of hydrogen-bond acceptors (Lipinski definition) is 2. The Morgan fingerprint density at radius 1 is 1.50 bits per heavy atom. The highest BCUT2D eigenvalue weighted by atomic mass is 16.5. The molecule has 0 radical (unpaired) electrons. The maximum absolute atomic E-state index is 5.55. The van der Waals surface area contributed by atoms with Crippen LogP contribution in [0.25, 0.3) is 0 Å². The van der Waals surface area contributed by atoms with Crippen LogP contribution in [0.15, 0.2) is 24.3 Å². The molecule has 2 rings (SSSR count). The normalized spacial score (nSPS) is 25.6. The minimum Gasteiger partial charge on any atom is -0.497 e. The molecule has 0 aromatic heterocycles. The van der Waals surface area contributed by atoms with Gasteiger partial charge in [-0.2, -0.15) is 0 Å². The van der Waals surface area contributed by atoms with Gasteiger partial charge in [-0.1, -0.05) is 12.1 Å². The summed E-state index contributed by atoms with van der Waals surface area (Å²) >= 11 is 0. The highest BCUT2D eigenvalue weighted by Crippen LogP contribution is 2.30. The van der Waals surface area contributed by atoms with Crippen LogP contribution < -0.4 is 4.74 Å². The monoisotopic (exact) mass is 192 g/mol. The Hall–Kier alpha value is -1.02.